The number of benzene rings is 4. The topological polar surface area (TPSA) is 51.2 Å². The maximum Gasteiger partial charge on any atom is 0.255 e. The highest BCUT2D eigenvalue weighted by Gasteiger charge is 2.11. The molecule has 0 aliphatic carbocycles. The Morgan fingerprint density at radius 3 is 2.35 bits per heavy atom. The van der Waals surface area contributed by atoms with Gasteiger partial charge in [0.25, 0.3) is 5.91 Å². The van der Waals surface area contributed by atoms with E-state index in [9.17, 15) is 4.79 Å². The molecule has 34 heavy (non-hydrogen) atoms. The van der Waals surface area contributed by atoms with Gasteiger partial charge >= 0.3 is 0 Å². The van der Waals surface area contributed by atoms with Gasteiger partial charge in [-0.15, -0.1) is 11.3 Å². The molecule has 0 saturated carbocycles. The maximum atomic E-state index is 12.8. The van der Waals surface area contributed by atoms with Crippen LogP contribution in [0.5, 0.6) is 11.5 Å². The number of nitrogens with zero attached hydrogens (tertiary/aromatic N) is 1. The second kappa shape index (κ2) is 9.73. The van der Waals surface area contributed by atoms with Gasteiger partial charge in [0.15, 0.2) is 0 Å². The van der Waals surface area contributed by atoms with E-state index in [0.29, 0.717) is 11.3 Å². The van der Waals surface area contributed by atoms with Crippen LogP contribution in [-0.2, 0) is 0 Å². The van der Waals surface area contributed by atoms with Gasteiger partial charge in [0, 0.05) is 27.8 Å². The van der Waals surface area contributed by atoms with Crippen LogP contribution in [0.1, 0.15) is 15.9 Å². The summed E-state index contributed by atoms with van der Waals surface area (Å²) in [4.78, 5) is 17.6. The van der Waals surface area contributed by atoms with E-state index >= 15 is 0 Å². The van der Waals surface area contributed by atoms with Gasteiger partial charge in [-0.1, -0.05) is 60.7 Å². The van der Waals surface area contributed by atoms with Crippen molar-refractivity contribution in [2.45, 2.75) is 6.92 Å². The van der Waals surface area contributed by atoms with Crippen LogP contribution in [0.2, 0.25) is 0 Å². The number of anilines is 1. The van der Waals surface area contributed by atoms with Crippen LogP contribution in [0.3, 0.4) is 0 Å². The molecule has 4 nitrogen and oxygen atoms in total. The van der Waals surface area contributed by atoms with Gasteiger partial charge in [0.2, 0.25) is 0 Å². The molecular weight excluding hydrogens is 440 g/mol. The van der Waals surface area contributed by atoms with E-state index < -0.39 is 0 Å². The molecular formula is C29H22N2O2S. The maximum absolute atomic E-state index is 12.8. The molecule has 1 heterocycles. The summed E-state index contributed by atoms with van der Waals surface area (Å²) in [6, 6.07) is 32.6. The Balaban J connectivity index is 1.27. The minimum atomic E-state index is -0.193. The summed E-state index contributed by atoms with van der Waals surface area (Å²) >= 11 is 1.63. The highest BCUT2D eigenvalue weighted by Crippen LogP contribution is 2.31. The van der Waals surface area contributed by atoms with Crippen molar-refractivity contribution in [1.29, 1.82) is 0 Å². The molecule has 0 spiro atoms. The molecule has 0 unspecified atom stereocenters. The SMILES string of the molecule is Cc1ccccc1-c1nc(-c2ccc(NC(=O)c3cccc(Oc4ccccc4)c3)cc2)cs1. The van der Waals surface area contributed by atoms with Gasteiger partial charge in [0.05, 0.1) is 5.69 Å². The summed E-state index contributed by atoms with van der Waals surface area (Å²) in [6.45, 7) is 2.09. The average molecular weight is 463 g/mol. The summed E-state index contributed by atoms with van der Waals surface area (Å²) in [6.07, 6.45) is 0. The van der Waals surface area contributed by atoms with Gasteiger partial charge in [-0.05, 0) is 55.0 Å². The molecule has 5 rings (SSSR count). The molecule has 0 aliphatic heterocycles. The van der Waals surface area contributed by atoms with Crippen LogP contribution < -0.4 is 10.1 Å². The quantitative estimate of drug-likeness (QED) is 0.280. The highest BCUT2D eigenvalue weighted by atomic mass is 32.1. The van der Waals surface area contributed by atoms with Crippen LogP contribution in [0, 0.1) is 6.92 Å². The molecule has 0 bridgehead atoms. The summed E-state index contributed by atoms with van der Waals surface area (Å²) in [7, 11) is 0. The minimum absolute atomic E-state index is 0.193. The second-order valence-corrected chi connectivity index (χ2v) is 8.69. The van der Waals surface area contributed by atoms with E-state index in [0.717, 1.165) is 33.3 Å². The van der Waals surface area contributed by atoms with Gasteiger partial charge in [-0.3, -0.25) is 4.79 Å². The van der Waals surface area contributed by atoms with Crippen LogP contribution in [0.15, 0.2) is 109 Å². The monoisotopic (exact) mass is 462 g/mol. The van der Waals surface area contributed by atoms with Gasteiger partial charge in [0.1, 0.15) is 16.5 Å². The van der Waals surface area contributed by atoms with Crippen molar-refractivity contribution in [3.8, 4) is 33.3 Å². The number of hydrogen-bond donors (Lipinski definition) is 1. The number of aromatic nitrogens is 1. The molecule has 0 saturated heterocycles. The third-order valence-corrected chi connectivity index (χ3v) is 6.27. The van der Waals surface area contributed by atoms with Gasteiger partial charge in [-0.2, -0.15) is 0 Å². The fourth-order valence-corrected chi connectivity index (χ4v) is 4.52. The van der Waals surface area contributed by atoms with Crippen molar-refractivity contribution in [2.24, 2.45) is 0 Å². The van der Waals surface area contributed by atoms with Crippen LogP contribution in [-0.4, -0.2) is 10.9 Å². The first-order chi connectivity index (χ1) is 16.7. The number of carbonyl (C=O) groups is 1. The van der Waals surface area contributed by atoms with E-state index in [1.54, 1.807) is 23.5 Å². The molecule has 0 radical (unpaired) electrons. The molecule has 4 aromatic carbocycles. The molecule has 166 valence electrons. The van der Waals surface area contributed by atoms with E-state index in [1.807, 2.05) is 78.9 Å². The van der Waals surface area contributed by atoms with Crippen LogP contribution in [0.4, 0.5) is 5.69 Å². The Morgan fingerprint density at radius 1 is 0.824 bits per heavy atom. The standard InChI is InChI=1S/C29H22N2O2S/c1-20-8-5-6-13-26(20)29-31-27(19-34-29)21-14-16-23(17-15-21)30-28(32)22-9-7-12-25(18-22)33-24-10-3-2-4-11-24/h2-19H,1H3,(H,30,32). The molecule has 0 aliphatic rings. The fraction of sp³-hybridized carbons (Fsp3) is 0.0345. The lowest BCUT2D eigenvalue weighted by Gasteiger charge is -2.09. The lowest BCUT2D eigenvalue weighted by atomic mass is 10.1. The summed E-state index contributed by atoms with van der Waals surface area (Å²) in [5, 5.41) is 6.02. The van der Waals surface area contributed by atoms with Crippen molar-refractivity contribution in [2.75, 3.05) is 5.32 Å². The smallest absolute Gasteiger partial charge is 0.255 e. The molecule has 0 fully saturated rings. The molecule has 5 aromatic rings. The number of ether oxygens (including phenoxy) is 1. The molecule has 1 N–H and O–H groups in total. The first-order valence-corrected chi connectivity index (χ1v) is 11.8. The zero-order valence-corrected chi connectivity index (χ0v) is 19.4. The first-order valence-electron chi connectivity index (χ1n) is 10.9. The average Bonchev–Trinajstić information content (AvgIpc) is 3.36. The van der Waals surface area contributed by atoms with Crippen molar-refractivity contribution in [1.82, 2.24) is 4.98 Å². The van der Waals surface area contributed by atoms with Crippen molar-refractivity contribution in [3.05, 3.63) is 120 Å². The van der Waals surface area contributed by atoms with E-state index in [1.165, 1.54) is 5.56 Å². The lowest BCUT2D eigenvalue weighted by Crippen LogP contribution is -2.11. The zero-order valence-electron chi connectivity index (χ0n) is 18.6. The Hall–Kier alpha value is -4.22. The van der Waals surface area contributed by atoms with E-state index in [2.05, 4.69) is 29.8 Å². The normalized spacial score (nSPS) is 10.6. The summed E-state index contributed by atoms with van der Waals surface area (Å²) in [5.74, 6) is 1.15. The molecule has 0 atom stereocenters. The van der Waals surface area contributed by atoms with Crippen molar-refractivity contribution < 1.29 is 9.53 Å². The van der Waals surface area contributed by atoms with Gasteiger partial charge < -0.3 is 10.1 Å². The number of carbonyl (C=O) groups excluding carboxylic acids is 1. The Morgan fingerprint density at radius 2 is 1.56 bits per heavy atom. The Kier molecular flexibility index (Phi) is 6.19. The van der Waals surface area contributed by atoms with Crippen molar-refractivity contribution in [3.63, 3.8) is 0 Å². The Labute approximate surface area is 202 Å². The third kappa shape index (κ3) is 4.90. The lowest BCUT2D eigenvalue weighted by molar-refractivity contribution is 0.102. The van der Waals surface area contributed by atoms with E-state index in [4.69, 9.17) is 9.72 Å². The van der Waals surface area contributed by atoms with E-state index in [-0.39, 0.29) is 5.91 Å². The number of thiazole rings is 1. The predicted octanol–water partition coefficient (Wildman–Crippen LogP) is 7.83. The second-order valence-electron chi connectivity index (χ2n) is 7.83. The number of para-hydroxylation sites is 1. The first kappa shape index (κ1) is 21.6. The predicted molar refractivity (Wildman–Crippen MR) is 139 cm³/mol. The van der Waals surface area contributed by atoms with Crippen LogP contribution in [0.25, 0.3) is 21.8 Å². The summed E-state index contributed by atoms with van der Waals surface area (Å²) in [5.41, 5.74) is 5.54. The highest BCUT2D eigenvalue weighted by molar-refractivity contribution is 7.13. The molecule has 5 heteroatoms. The third-order valence-electron chi connectivity index (χ3n) is 5.39. The summed E-state index contributed by atoms with van der Waals surface area (Å²) < 4.78 is 5.84. The fourth-order valence-electron chi connectivity index (χ4n) is 3.60. The number of aryl methyl sites for hydroxylation is 1. The van der Waals surface area contributed by atoms with Crippen LogP contribution >= 0.6 is 11.3 Å². The minimum Gasteiger partial charge on any atom is -0.457 e. The number of amides is 1. The largest absolute Gasteiger partial charge is 0.457 e. The number of nitrogens with one attached hydrogen (secondary N) is 1. The van der Waals surface area contributed by atoms with Crippen molar-refractivity contribution >= 4 is 22.9 Å². The molecule has 1 amide bonds. The Bertz CT molecular complexity index is 1430. The number of rotatable bonds is 6. The zero-order chi connectivity index (χ0) is 23.3. The van der Waals surface area contributed by atoms with Gasteiger partial charge in [-0.25, -0.2) is 4.98 Å². The number of hydrogen-bond acceptors (Lipinski definition) is 4. The molecule has 1 aromatic heterocycles.